The molecule has 0 radical (unpaired) electrons. The lowest BCUT2D eigenvalue weighted by Crippen LogP contribution is -2.17. The van der Waals surface area contributed by atoms with E-state index in [0.29, 0.717) is 6.54 Å². The van der Waals surface area contributed by atoms with Gasteiger partial charge in [0.15, 0.2) is 17.5 Å². The van der Waals surface area contributed by atoms with Gasteiger partial charge >= 0.3 is 6.36 Å². The Morgan fingerprint density at radius 3 is 2.43 bits per heavy atom. The first-order valence-electron chi connectivity index (χ1n) is 8.56. The van der Waals surface area contributed by atoms with Crippen LogP contribution in [-0.2, 0) is 0 Å². The van der Waals surface area contributed by atoms with Crippen molar-refractivity contribution in [3.05, 3.63) is 59.9 Å². The SMILES string of the molecule is CCNc1nc(Nc2ccc(F)c(F)c2F)cc(-c2cccc(OC(F)(F)F)c2)n1. The van der Waals surface area contributed by atoms with Gasteiger partial charge in [0.05, 0.1) is 11.4 Å². The largest absolute Gasteiger partial charge is 0.573 e. The fourth-order valence-corrected chi connectivity index (χ4v) is 2.51. The first kappa shape index (κ1) is 21.2. The molecule has 0 atom stereocenters. The number of anilines is 3. The molecule has 0 aliphatic heterocycles. The number of hydrogen-bond donors (Lipinski definition) is 2. The quantitative estimate of drug-likeness (QED) is 0.393. The fraction of sp³-hybridized carbons (Fsp3) is 0.158. The summed E-state index contributed by atoms with van der Waals surface area (Å²) in [6.07, 6.45) is -4.86. The third kappa shape index (κ3) is 5.10. The molecule has 1 heterocycles. The van der Waals surface area contributed by atoms with Crippen LogP contribution >= 0.6 is 0 Å². The maximum absolute atomic E-state index is 14.0. The second kappa shape index (κ2) is 8.47. The minimum absolute atomic E-state index is 0.00278. The Morgan fingerprint density at radius 2 is 1.73 bits per heavy atom. The summed E-state index contributed by atoms with van der Waals surface area (Å²) in [6, 6.07) is 8.12. The van der Waals surface area contributed by atoms with Crippen molar-refractivity contribution in [3.63, 3.8) is 0 Å². The summed E-state index contributed by atoms with van der Waals surface area (Å²) in [4.78, 5) is 8.29. The minimum Gasteiger partial charge on any atom is -0.406 e. The van der Waals surface area contributed by atoms with E-state index in [1.54, 1.807) is 6.92 Å². The molecule has 2 N–H and O–H groups in total. The summed E-state index contributed by atoms with van der Waals surface area (Å²) in [5, 5.41) is 5.35. The van der Waals surface area contributed by atoms with E-state index in [9.17, 15) is 26.3 Å². The lowest BCUT2D eigenvalue weighted by molar-refractivity contribution is -0.274. The molecule has 3 aromatic rings. The van der Waals surface area contributed by atoms with Crippen LogP contribution in [0.2, 0.25) is 0 Å². The van der Waals surface area contributed by atoms with Crippen molar-refractivity contribution >= 4 is 17.5 Å². The Morgan fingerprint density at radius 1 is 0.967 bits per heavy atom. The Balaban J connectivity index is 2.00. The highest BCUT2D eigenvalue weighted by atomic mass is 19.4. The number of rotatable bonds is 6. The number of benzene rings is 2. The highest BCUT2D eigenvalue weighted by molar-refractivity contribution is 5.68. The fourth-order valence-electron chi connectivity index (χ4n) is 2.51. The van der Waals surface area contributed by atoms with Crippen LogP contribution in [-0.4, -0.2) is 22.9 Å². The van der Waals surface area contributed by atoms with Crippen LogP contribution in [0.3, 0.4) is 0 Å². The summed E-state index contributed by atoms with van der Waals surface area (Å²) in [6.45, 7) is 2.18. The molecule has 0 amide bonds. The van der Waals surface area contributed by atoms with Gasteiger partial charge in [-0.15, -0.1) is 13.2 Å². The standard InChI is InChI=1S/C19H14F6N4O/c1-2-26-18-28-14(10-4-3-5-11(8-10)30-19(23,24)25)9-15(29-18)27-13-7-6-12(20)16(21)17(13)22/h3-9H,2H2,1H3,(H2,26,27,28,29). The lowest BCUT2D eigenvalue weighted by atomic mass is 10.1. The Bertz CT molecular complexity index is 1060. The molecule has 0 saturated carbocycles. The molecule has 2 aromatic carbocycles. The van der Waals surface area contributed by atoms with Crippen LogP contribution in [0.1, 0.15) is 6.92 Å². The van der Waals surface area contributed by atoms with Crippen LogP contribution in [0.15, 0.2) is 42.5 Å². The first-order valence-corrected chi connectivity index (χ1v) is 8.56. The third-order valence-electron chi connectivity index (χ3n) is 3.72. The van der Waals surface area contributed by atoms with E-state index >= 15 is 0 Å². The molecule has 0 spiro atoms. The average Bonchev–Trinajstić information content (AvgIpc) is 2.67. The molecule has 0 saturated heterocycles. The summed E-state index contributed by atoms with van der Waals surface area (Å²) in [7, 11) is 0. The van der Waals surface area contributed by atoms with E-state index in [0.717, 1.165) is 24.3 Å². The number of alkyl halides is 3. The van der Waals surface area contributed by atoms with Crippen molar-refractivity contribution in [1.29, 1.82) is 0 Å². The Hall–Kier alpha value is -3.50. The van der Waals surface area contributed by atoms with Gasteiger partial charge in [-0.25, -0.2) is 18.2 Å². The smallest absolute Gasteiger partial charge is 0.406 e. The number of aromatic nitrogens is 2. The summed E-state index contributed by atoms with van der Waals surface area (Å²) in [5.74, 6) is -4.81. The maximum atomic E-state index is 14.0. The van der Waals surface area contributed by atoms with Crippen molar-refractivity contribution in [1.82, 2.24) is 9.97 Å². The van der Waals surface area contributed by atoms with Crippen molar-refractivity contribution in [2.75, 3.05) is 17.2 Å². The van der Waals surface area contributed by atoms with Gasteiger partial charge in [0.2, 0.25) is 5.95 Å². The average molecular weight is 428 g/mol. The second-order valence-corrected chi connectivity index (χ2v) is 5.92. The van der Waals surface area contributed by atoms with E-state index < -0.39 is 29.6 Å². The molecular formula is C19H14F6N4O. The molecule has 3 rings (SSSR count). The van der Waals surface area contributed by atoms with Gasteiger partial charge in [-0.05, 0) is 31.2 Å². The normalized spacial score (nSPS) is 11.3. The number of hydrogen-bond acceptors (Lipinski definition) is 5. The molecule has 0 unspecified atom stereocenters. The zero-order chi connectivity index (χ0) is 21.9. The molecular weight excluding hydrogens is 414 g/mol. The summed E-state index contributed by atoms with van der Waals surface area (Å²) < 4.78 is 81.9. The predicted octanol–water partition coefficient (Wildman–Crippen LogP) is 5.63. The molecule has 0 fully saturated rings. The van der Waals surface area contributed by atoms with Gasteiger partial charge in [-0.2, -0.15) is 4.98 Å². The van der Waals surface area contributed by atoms with Crippen molar-refractivity contribution < 1.29 is 31.1 Å². The van der Waals surface area contributed by atoms with Crippen LogP contribution in [0.25, 0.3) is 11.3 Å². The van der Waals surface area contributed by atoms with E-state index in [-0.39, 0.29) is 28.7 Å². The van der Waals surface area contributed by atoms with Gasteiger partial charge in [0.1, 0.15) is 11.6 Å². The zero-order valence-electron chi connectivity index (χ0n) is 15.3. The van der Waals surface area contributed by atoms with E-state index in [1.807, 2.05) is 0 Å². The molecule has 0 bridgehead atoms. The molecule has 158 valence electrons. The van der Waals surface area contributed by atoms with Crippen molar-refractivity contribution in [2.24, 2.45) is 0 Å². The highest BCUT2D eigenvalue weighted by Gasteiger charge is 2.31. The monoisotopic (exact) mass is 428 g/mol. The predicted molar refractivity (Wildman–Crippen MR) is 97.9 cm³/mol. The van der Waals surface area contributed by atoms with Gasteiger partial charge in [0, 0.05) is 18.2 Å². The number of nitrogens with zero attached hydrogens (tertiary/aromatic N) is 2. The zero-order valence-corrected chi connectivity index (χ0v) is 15.3. The number of halogens is 6. The topological polar surface area (TPSA) is 59.1 Å². The van der Waals surface area contributed by atoms with Crippen LogP contribution in [0, 0.1) is 17.5 Å². The van der Waals surface area contributed by atoms with Crippen molar-refractivity contribution in [2.45, 2.75) is 13.3 Å². The maximum Gasteiger partial charge on any atom is 0.573 e. The van der Waals surface area contributed by atoms with Crippen molar-refractivity contribution in [3.8, 4) is 17.0 Å². The van der Waals surface area contributed by atoms with Crippen LogP contribution in [0.5, 0.6) is 5.75 Å². The van der Waals surface area contributed by atoms with E-state index in [4.69, 9.17) is 0 Å². The Labute approximate surface area is 166 Å². The van der Waals surface area contributed by atoms with Gasteiger partial charge < -0.3 is 15.4 Å². The number of ether oxygens (including phenoxy) is 1. The molecule has 0 aliphatic carbocycles. The van der Waals surface area contributed by atoms with Crippen LogP contribution < -0.4 is 15.4 Å². The Kier molecular flexibility index (Phi) is 5.99. The molecule has 5 nitrogen and oxygen atoms in total. The van der Waals surface area contributed by atoms with Gasteiger partial charge in [-0.3, -0.25) is 0 Å². The molecule has 0 aliphatic rings. The molecule has 11 heteroatoms. The van der Waals surface area contributed by atoms with Gasteiger partial charge in [0.25, 0.3) is 0 Å². The lowest BCUT2D eigenvalue weighted by Gasteiger charge is -2.13. The minimum atomic E-state index is -4.86. The first-order chi connectivity index (χ1) is 14.2. The molecule has 30 heavy (non-hydrogen) atoms. The van der Waals surface area contributed by atoms with Gasteiger partial charge in [-0.1, -0.05) is 12.1 Å². The van der Waals surface area contributed by atoms with E-state index in [1.165, 1.54) is 18.2 Å². The van der Waals surface area contributed by atoms with E-state index in [2.05, 4.69) is 25.3 Å². The second-order valence-electron chi connectivity index (χ2n) is 5.92. The molecule has 1 aromatic heterocycles. The number of nitrogens with one attached hydrogen (secondary N) is 2. The summed E-state index contributed by atoms with van der Waals surface area (Å²) in [5.41, 5.74) is 0.0568. The third-order valence-corrected chi connectivity index (χ3v) is 3.72. The summed E-state index contributed by atoms with van der Waals surface area (Å²) >= 11 is 0. The highest BCUT2D eigenvalue weighted by Crippen LogP contribution is 2.30. The van der Waals surface area contributed by atoms with Crippen LogP contribution in [0.4, 0.5) is 43.8 Å².